The summed E-state index contributed by atoms with van der Waals surface area (Å²) in [5.74, 6) is 0.819. The Bertz CT molecular complexity index is 455. The lowest BCUT2D eigenvalue weighted by atomic mass is 9.84. The average molecular weight is 352 g/mol. The maximum Gasteiger partial charge on any atom is 0.237 e. The number of hydrogen-bond acceptors (Lipinski definition) is 5. The third kappa shape index (κ3) is 4.92. The van der Waals surface area contributed by atoms with Crippen molar-refractivity contribution in [1.29, 1.82) is 0 Å². The van der Waals surface area contributed by atoms with E-state index in [9.17, 15) is 9.59 Å². The summed E-state index contributed by atoms with van der Waals surface area (Å²) in [5, 5.41) is 2.97. The van der Waals surface area contributed by atoms with Gasteiger partial charge in [0.05, 0.1) is 6.04 Å². The van der Waals surface area contributed by atoms with Crippen molar-refractivity contribution in [1.82, 2.24) is 15.1 Å². The summed E-state index contributed by atoms with van der Waals surface area (Å²) in [6, 6.07) is -0.430. The van der Waals surface area contributed by atoms with E-state index >= 15 is 0 Å². The lowest BCUT2D eigenvalue weighted by Crippen LogP contribution is -2.53. The minimum absolute atomic E-state index is 0.0503. The lowest BCUT2D eigenvalue weighted by molar-refractivity contribution is -0.139. The molecule has 3 aliphatic rings. The molecule has 1 atom stereocenters. The maximum absolute atomic E-state index is 12.2. The first-order valence-corrected chi connectivity index (χ1v) is 9.77. The minimum atomic E-state index is -0.430. The molecule has 3 N–H and O–H groups in total. The standard InChI is InChI=1S/C18H32N4O3/c19-16(14-4-12-25-13-5-14)17(23)20-6-7-21-8-10-22(11-9-21)18(24)15-2-1-3-15/h14-16H,1-13,19H2,(H,20,23). The number of carbonyl (C=O) groups is 2. The van der Waals surface area contributed by atoms with Crippen LogP contribution in [-0.4, -0.2) is 80.1 Å². The molecule has 0 aromatic rings. The first kappa shape index (κ1) is 18.6. The zero-order valence-corrected chi connectivity index (χ0v) is 15.1. The number of nitrogens with zero attached hydrogens (tertiary/aromatic N) is 2. The van der Waals surface area contributed by atoms with Gasteiger partial charge in [-0.1, -0.05) is 6.42 Å². The molecule has 0 aromatic carbocycles. The molecule has 3 rings (SSSR count). The van der Waals surface area contributed by atoms with Gasteiger partial charge in [0.15, 0.2) is 0 Å². The maximum atomic E-state index is 12.2. The van der Waals surface area contributed by atoms with Gasteiger partial charge in [-0.2, -0.15) is 0 Å². The molecular weight excluding hydrogens is 320 g/mol. The van der Waals surface area contributed by atoms with Gasteiger partial charge >= 0.3 is 0 Å². The van der Waals surface area contributed by atoms with Crippen LogP contribution >= 0.6 is 0 Å². The highest BCUT2D eigenvalue weighted by Gasteiger charge is 2.31. The van der Waals surface area contributed by atoms with Crippen LogP contribution in [0.2, 0.25) is 0 Å². The highest BCUT2D eigenvalue weighted by molar-refractivity contribution is 5.81. The van der Waals surface area contributed by atoms with E-state index in [1.165, 1.54) is 6.42 Å². The van der Waals surface area contributed by atoms with Gasteiger partial charge < -0.3 is 20.7 Å². The largest absolute Gasteiger partial charge is 0.381 e. The number of nitrogens with two attached hydrogens (primary N) is 1. The van der Waals surface area contributed by atoms with Crippen LogP contribution in [0.25, 0.3) is 0 Å². The molecule has 1 aliphatic carbocycles. The number of ether oxygens (including phenoxy) is 1. The van der Waals surface area contributed by atoms with Crippen molar-refractivity contribution in [2.24, 2.45) is 17.6 Å². The van der Waals surface area contributed by atoms with E-state index in [-0.39, 0.29) is 17.7 Å². The predicted molar refractivity (Wildman–Crippen MR) is 94.9 cm³/mol. The van der Waals surface area contributed by atoms with E-state index in [0.717, 1.165) is 58.4 Å². The van der Waals surface area contributed by atoms with Crippen LogP contribution in [0.3, 0.4) is 0 Å². The number of amides is 2. The minimum Gasteiger partial charge on any atom is -0.381 e. The molecule has 7 nitrogen and oxygen atoms in total. The first-order valence-electron chi connectivity index (χ1n) is 9.77. The molecule has 2 saturated heterocycles. The Morgan fingerprint density at radius 2 is 1.76 bits per heavy atom. The van der Waals surface area contributed by atoms with Gasteiger partial charge in [0, 0.05) is 58.4 Å². The van der Waals surface area contributed by atoms with Crippen LogP contribution in [-0.2, 0) is 14.3 Å². The molecule has 0 aromatic heterocycles. The van der Waals surface area contributed by atoms with Crippen LogP contribution in [0.1, 0.15) is 32.1 Å². The van der Waals surface area contributed by atoms with E-state index in [4.69, 9.17) is 10.5 Å². The SMILES string of the molecule is NC(C(=O)NCCN1CCN(C(=O)C2CCC2)CC1)C1CCOCC1. The Balaban J connectivity index is 1.30. The number of piperazine rings is 1. The monoisotopic (exact) mass is 352 g/mol. The van der Waals surface area contributed by atoms with Crippen LogP contribution in [0, 0.1) is 11.8 Å². The van der Waals surface area contributed by atoms with E-state index in [0.29, 0.717) is 25.7 Å². The van der Waals surface area contributed by atoms with Gasteiger partial charge in [-0.15, -0.1) is 0 Å². The highest BCUT2D eigenvalue weighted by Crippen LogP contribution is 2.28. The summed E-state index contributed by atoms with van der Waals surface area (Å²) in [5.41, 5.74) is 6.08. The topological polar surface area (TPSA) is 87.9 Å². The molecular formula is C18H32N4O3. The van der Waals surface area contributed by atoms with Gasteiger partial charge in [-0.05, 0) is 31.6 Å². The highest BCUT2D eigenvalue weighted by atomic mass is 16.5. The number of nitrogens with one attached hydrogen (secondary N) is 1. The Labute approximate surface area is 150 Å². The summed E-state index contributed by atoms with van der Waals surface area (Å²) in [6.45, 7) is 6.24. The Kier molecular flexibility index (Phi) is 6.67. The number of rotatable bonds is 6. The molecule has 1 saturated carbocycles. The molecule has 142 valence electrons. The van der Waals surface area contributed by atoms with E-state index in [1.54, 1.807) is 0 Å². The zero-order valence-electron chi connectivity index (χ0n) is 15.1. The van der Waals surface area contributed by atoms with Gasteiger partial charge in [-0.25, -0.2) is 0 Å². The molecule has 0 bridgehead atoms. The molecule has 0 radical (unpaired) electrons. The van der Waals surface area contributed by atoms with Gasteiger partial charge in [0.2, 0.25) is 11.8 Å². The second kappa shape index (κ2) is 8.96. The fourth-order valence-corrected chi connectivity index (χ4v) is 3.85. The number of carbonyl (C=O) groups excluding carboxylic acids is 2. The fraction of sp³-hybridized carbons (Fsp3) is 0.889. The van der Waals surface area contributed by atoms with Gasteiger partial charge in [0.25, 0.3) is 0 Å². The van der Waals surface area contributed by atoms with Crippen molar-refractivity contribution in [2.75, 3.05) is 52.5 Å². The summed E-state index contributed by atoms with van der Waals surface area (Å²) in [4.78, 5) is 28.8. The summed E-state index contributed by atoms with van der Waals surface area (Å²) in [6.07, 6.45) is 5.07. The molecule has 25 heavy (non-hydrogen) atoms. The van der Waals surface area contributed by atoms with E-state index in [1.807, 2.05) is 4.90 Å². The second-order valence-electron chi connectivity index (χ2n) is 7.56. The van der Waals surface area contributed by atoms with Gasteiger partial charge in [-0.3, -0.25) is 14.5 Å². The molecule has 2 amide bonds. The van der Waals surface area contributed by atoms with Crippen molar-refractivity contribution in [3.63, 3.8) is 0 Å². The Hall–Kier alpha value is -1.18. The lowest BCUT2D eigenvalue weighted by Gasteiger charge is -2.38. The first-order chi connectivity index (χ1) is 12.1. The molecule has 7 heteroatoms. The predicted octanol–water partition coefficient (Wildman–Crippen LogP) is -0.199. The Morgan fingerprint density at radius 3 is 2.36 bits per heavy atom. The molecule has 2 aliphatic heterocycles. The number of hydrogen-bond donors (Lipinski definition) is 2. The van der Waals surface area contributed by atoms with Gasteiger partial charge in [0.1, 0.15) is 0 Å². The van der Waals surface area contributed by atoms with Crippen molar-refractivity contribution in [3.8, 4) is 0 Å². The van der Waals surface area contributed by atoms with Crippen LogP contribution in [0.4, 0.5) is 0 Å². The van der Waals surface area contributed by atoms with Crippen molar-refractivity contribution in [3.05, 3.63) is 0 Å². The van der Waals surface area contributed by atoms with Crippen LogP contribution in [0.5, 0.6) is 0 Å². The van der Waals surface area contributed by atoms with Crippen molar-refractivity contribution < 1.29 is 14.3 Å². The summed E-state index contributed by atoms with van der Waals surface area (Å²) >= 11 is 0. The third-order valence-electron chi connectivity index (χ3n) is 5.94. The summed E-state index contributed by atoms with van der Waals surface area (Å²) in [7, 11) is 0. The molecule has 1 unspecified atom stereocenters. The zero-order chi connectivity index (χ0) is 17.6. The smallest absolute Gasteiger partial charge is 0.237 e. The second-order valence-corrected chi connectivity index (χ2v) is 7.56. The normalized spacial score (nSPS) is 24.6. The van der Waals surface area contributed by atoms with Crippen LogP contribution in [0.15, 0.2) is 0 Å². The van der Waals surface area contributed by atoms with Crippen molar-refractivity contribution in [2.45, 2.75) is 38.1 Å². The molecule has 2 heterocycles. The quantitative estimate of drug-likeness (QED) is 0.691. The van der Waals surface area contributed by atoms with E-state index < -0.39 is 6.04 Å². The van der Waals surface area contributed by atoms with Crippen LogP contribution < -0.4 is 11.1 Å². The third-order valence-corrected chi connectivity index (χ3v) is 5.94. The Morgan fingerprint density at radius 1 is 1.08 bits per heavy atom. The molecule has 3 fully saturated rings. The van der Waals surface area contributed by atoms with E-state index in [2.05, 4.69) is 10.2 Å². The molecule has 0 spiro atoms. The fourth-order valence-electron chi connectivity index (χ4n) is 3.85. The summed E-state index contributed by atoms with van der Waals surface area (Å²) < 4.78 is 5.32. The van der Waals surface area contributed by atoms with Crippen molar-refractivity contribution >= 4 is 11.8 Å². The average Bonchev–Trinajstić information content (AvgIpc) is 2.61.